The molecule has 24 heavy (non-hydrogen) atoms. The highest BCUT2D eigenvalue weighted by molar-refractivity contribution is 7.98. The number of rotatable bonds is 5. The zero-order chi connectivity index (χ0) is 17.2. The first-order valence-electron chi connectivity index (χ1n) is 8.21. The lowest BCUT2D eigenvalue weighted by Gasteiger charge is -2.38. The van der Waals surface area contributed by atoms with E-state index in [0.29, 0.717) is 5.88 Å². The molecule has 1 amide bonds. The number of nitrogens with zero attached hydrogens (tertiary/aromatic N) is 1. The van der Waals surface area contributed by atoms with Crippen molar-refractivity contribution in [2.24, 2.45) is 5.92 Å². The number of thioether (sulfide) groups is 1. The third kappa shape index (κ3) is 2.69. The summed E-state index contributed by atoms with van der Waals surface area (Å²) >= 11 is 1.64. The molecular formula is C20H23NO2S. The summed E-state index contributed by atoms with van der Waals surface area (Å²) in [6.07, 6.45) is 1.77. The van der Waals surface area contributed by atoms with Gasteiger partial charge in [-0.15, -0.1) is 11.8 Å². The van der Waals surface area contributed by atoms with Crippen LogP contribution < -0.4 is 0 Å². The minimum Gasteiger partial charge on any atom is -0.431 e. The minimum absolute atomic E-state index is 0.0535. The van der Waals surface area contributed by atoms with Crippen LogP contribution in [0.4, 0.5) is 4.79 Å². The second kappa shape index (κ2) is 6.89. The van der Waals surface area contributed by atoms with Crippen LogP contribution in [0.2, 0.25) is 0 Å². The topological polar surface area (TPSA) is 29.5 Å². The van der Waals surface area contributed by atoms with Gasteiger partial charge in [-0.2, -0.15) is 0 Å². The Kier molecular flexibility index (Phi) is 4.86. The highest BCUT2D eigenvalue weighted by atomic mass is 32.2. The highest BCUT2D eigenvalue weighted by Gasteiger charge is 2.57. The van der Waals surface area contributed by atoms with Gasteiger partial charge < -0.3 is 4.74 Å². The van der Waals surface area contributed by atoms with E-state index in [2.05, 4.69) is 38.1 Å². The molecule has 1 atom stereocenters. The van der Waals surface area contributed by atoms with Crippen LogP contribution in [0.1, 0.15) is 25.0 Å². The van der Waals surface area contributed by atoms with Crippen LogP contribution >= 0.6 is 11.8 Å². The van der Waals surface area contributed by atoms with Crippen molar-refractivity contribution in [3.8, 4) is 0 Å². The molecule has 0 aliphatic carbocycles. The Morgan fingerprint density at radius 1 is 1.04 bits per heavy atom. The van der Waals surface area contributed by atoms with Crippen molar-refractivity contribution >= 4 is 17.9 Å². The molecule has 0 spiro atoms. The molecule has 0 bridgehead atoms. The number of hydrogen-bond donors (Lipinski definition) is 0. The van der Waals surface area contributed by atoms with E-state index >= 15 is 0 Å². The fourth-order valence-corrected chi connectivity index (χ4v) is 4.23. The number of amides is 1. The second-order valence-corrected chi connectivity index (χ2v) is 7.25. The predicted octanol–water partition coefficient (Wildman–Crippen LogP) is 4.73. The third-order valence-corrected chi connectivity index (χ3v) is 5.08. The molecule has 1 aliphatic rings. The average Bonchev–Trinajstić information content (AvgIpc) is 2.91. The molecule has 0 radical (unpaired) electrons. The summed E-state index contributed by atoms with van der Waals surface area (Å²) in [5, 5.41) is 0. The molecule has 1 fully saturated rings. The molecular weight excluding hydrogens is 318 g/mol. The first-order chi connectivity index (χ1) is 11.6. The van der Waals surface area contributed by atoms with E-state index in [1.165, 1.54) is 0 Å². The lowest BCUT2D eigenvalue weighted by atomic mass is 9.76. The Balaban J connectivity index is 2.23. The van der Waals surface area contributed by atoms with Crippen LogP contribution in [-0.2, 0) is 10.3 Å². The summed E-state index contributed by atoms with van der Waals surface area (Å²) in [6.45, 7) is 4.31. The van der Waals surface area contributed by atoms with Crippen LogP contribution in [0.25, 0.3) is 0 Å². The van der Waals surface area contributed by atoms with Crippen molar-refractivity contribution in [3.63, 3.8) is 0 Å². The zero-order valence-corrected chi connectivity index (χ0v) is 15.1. The third-order valence-electron chi connectivity index (χ3n) is 4.54. The average molecular weight is 341 g/mol. The molecule has 0 aromatic heterocycles. The fraction of sp³-hybridized carbons (Fsp3) is 0.350. The molecule has 0 N–H and O–H groups in total. The molecule has 2 aromatic carbocycles. The van der Waals surface area contributed by atoms with E-state index < -0.39 is 5.60 Å². The number of cyclic esters (lactones) is 1. The van der Waals surface area contributed by atoms with Gasteiger partial charge in [-0.1, -0.05) is 74.5 Å². The first kappa shape index (κ1) is 16.9. The van der Waals surface area contributed by atoms with Crippen molar-refractivity contribution in [2.75, 3.05) is 12.1 Å². The molecule has 1 saturated heterocycles. The van der Waals surface area contributed by atoms with Gasteiger partial charge >= 0.3 is 6.09 Å². The van der Waals surface area contributed by atoms with E-state index in [4.69, 9.17) is 4.74 Å². The van der Waals surface area contributed by atoms with Gasteiger partial charge in [0.25, 0.3) is 0 Å². The molecule has 126 valence electrons. The highest BCUT2D eigenvalue weighted by Crippen LogP contribution is 2.47. The van der Waals surface area contributed by atoms with Gasteiger partial charge in [-0.3, -0.25) is 4.90 Å². The van der Waals surface area contributed by atoms with Crippen molar-refractivity contribution in [2.45, 2.75) is 25.5 Å². The number of carbonyl (C=O) groups excluding carboxylic acids is 1. The predicted molar refractivity (Wildman–Crippen MR) is 99.0 cm³/mol. The SMILES string of the molecule is CSCN1C(=O)OC(c2ccccc2)(c2ccccc2)[C@@H]1C(C)C. The van der Waals surface area contributed by atoms with E-state index in [1.807, 2.05) is 47.6 Å². The van der Waals surface area contributed by atoms with E-state index in [0.717, 1.165) is 11.1 Å². The van der Waals surface area contributed by atoms with Gasteiger partial charge in [0.15, 0.2) is 5.60 Å². The summed E-state index contributed by atoms with van der Waals surface area (Å²) in [6, 6.07) is 20.1. The maximum atomic E-state index is 12.7. The Morgan fingerprint density at radius 2 is 1.54 bits per heavy atom. The quantitative estimate of drug-likeness (QED) is 0.787. The summed E-state index contributed by atoms with van der Waals surface area (Å²) in [4.78, 5) is 14.6. The molecule has 1 aliphatic heterocycles. The second-order valence-electron chi connectivity index (χ2n) is 6.41. The summed E-state index contributed by atoms with van der Waals surface area (Å²) < 4.78 is 6.13. The maximum absolute atomic E-state index is 12.7. The number of ether oxygens (including phenoxy) is 1. The van der Waals surface area contributed by atoms with Crippen molar-refractivity contribution in [3.05, 3.63) is 71.8 Å². The van der Waals surface area contributed by atoms with E-state index in [-0.39, 0.29) is 18.1 Å². The van der Waals surface area contributed by atoms with Gasteiger partial charge in [0.05, 0.1) is 11.9 Å². The molecule has 4 heteroatoms. The van der Waals surface area contributed by atoms with Gasteiger partial charge in [0, 0.05) is 11.1 Å². The van der Waals surface area contributed by atoms with Crippen LogP contribution in [0, 0.1) is 5.92 Å². The van der Waals surface area contributed by atoms with Gasteiger partial charge in [-0.25, -0.2) is 4.79 Å². The number of hydrogen-bond acceptors (Lipinski definition) is 3. The fourth-order valence-electron chi connectivity index (χ4n) is 3.69. The van der Waals surface area contributed by atoms with Crippen molar-refractivity contribution in [1.29, 1.82) is 0 Å². The minimum atomic E-state index is -0.774. The number of carbonyl (C=O) groups is 1. The molecule has 0 saturated carbocycles. The molecule has 3 rings (SSSR count). The van der Waals surface area contributed by atoms with Crippen LogP contribution in [-0.4, -0.2) is 29.2 Å². The zero-order valence-electron chi connectivity index (χ0n) is 14.3. The smallest absolute Gasteiger partial charge is 0.412 e. The Labute approximate surface area is 148 Å². The Hall–Kier alpha value is -1.94. The van der Waals surface area contributed by atoms with Crippen LogP contribution in [0.5, 0.6) is 0 Å². The summed E-state index contributed by atoms with van der Waals surface area (Å²) in [5.41, 5.74) is 1.27. The summed E-state index contributed by atoms with van der Waals surface area (Å²) in [7, 11) is 0. The molecule has 1 heterocycles. The van der Waals surface area contributed by atoms with Crippen molar-refractivity contribution in [1.82, 2.24) is 4.90 Å². The molecule has 2 aromatic rings. The normalized spacial score (nSPS) is 19.6. The standard InChI is InChI=1S/C20H23NO2S/c1-15(2)18-20(16-10-6-4-7-11-16,17-12-8-5-9-13-17)23-19(22)21(18)14-24-3/h4-13,15,18H,14H2,1-3H3/t18-/m0/s1. The summed E-state index contributed by atoms with van der Waals surface area (Å²) in [5.74, 6) is 0.882. The lowest BCUT2D eigenvalue weighted by molar-refractivity contribution is 0.0555. The largest absolute Gasteiger partial charge is 0.431 e. The first-order valence-corrected chi connectivity index (χ1v) is 9.60. The number of benzene rings is 2. The molecule has 3 nitrogen and oxygen atoms in total. The van der Waals surface area contributed by atoms with Crippen molar-refractivity contribution < 1.29 is 9.53 Å². The van der Waals surface area contributed by atoms with Gasteiger partial charge in [0.1, 0.15) is 0 Å². The van der Waals surface area contributed by atoms with Crippen LogP contribution in [0.3, 0.4) is 0 Å². The Morgan fingerprint density at radius 3 is 1.96 bits per heavy atom. The van der Waals surface area contributed by atoms with Gasteiger partial charge in [-0.05, 0) is 12.2 Å². The molecule has 0 unspecified atom stereocenters. The van der Waals surface area contributed by atoms with E-state index in [9.17, 15) is 4.79 Å². The maximum Gasteiger partial charge on any atom is 0.412 e. The lowest BCUT2D eigenvalue weighted by Crippen LogP contribution is -2.47. The Bertz CT molecular complexity index is 648. The monoisotopic (exact) mass is 341 g/mol. The van der Waals surface area contributed by atoms with Gasteiger partial charge in [0.2, 0.25) is 0 Å². The van der Waals surface area contributed by atoms with E-state index in [1.54, 1.807) is 11.8 Å². The van der Waals surface area contributed by atoms with Crippen LogP contribution in [0.15, 0.2) is 60.7 Å².